The van der Waals surface area contributed by atoms with Crippen molar-refractivity contribution in [3.05, 3.63) is 81.9 Å². The molecule has 9 nitrogen and oxygen atoms in total. The van der Waals surface area contributed by atoms with E-state index in [1.807, 2.05) is 74.5 Å². The second kappa shape index (κ2) is 14.9. The number of methoxy groups -OCH3 is 1. The lowest BCUT2D eigenvalue weighted by Crippen LogP contribution is -2.60. The van der Waals surface area contributed by atoms with Crippen LogP contribution in [-0.2, 0) is 25.7 Å². The van der Waals surface area contributed by atoms with E-state index in [4.69, 9.17) is 4.74 Å². The molecular formula is C31H43N3O6. The summed E-state index contributed by atoms with van der Waals surface area (Å²) in [6, 6.07) is 17.3. The maximum atomic E-state index is 13.9. The number of hydrogen-bond acceptors (Lipinski definition) is 7. The minimum atomic E-state index is -1.25. The molecule has 1 amide bonds. The molecule has 9 heteroatoms. The number of amides is 1. The van der Waals surface area contributed by atoms with Gasteiger partial charge in [0.1, 0.15) is 11.6 Å². The topological polar surface area (TPSA) is 120 Å². The van der Waals surface area contributed by atoms with Gasteiger partial charge in [-0.25, -0.2) is 0 Å². The molecule has 1 heterocycles. The summed E-state index contributed by atoms with van der Waals surface area (Å²) in [6.45, 7) is 6.53. The smallest absolute Gasteiger partial charge is 0.305 e. The first kappa shape index (κ1) is 31.2. The molecule has 3 rings (SSSR count). The third-order valence-corrected chi connectivity index (χ3v) is 8.12. The van der Waals surface area contributed by atoms with Crippen LogP contribution < -0.4 is 10.6 Å². The molecule has 2 aromatic rings. The third-order valence-electron chi connectivity index (χ3n) is 8.12. The Bertz CT molecular complexity index is 1100. The Balaban J connectivity index is 1.89. The Morgan fingerprint density at radius 1 is 1.07 bits per heavy atom. The molecule has 1 fully saturated rings. The van der Waals surface area contributed by atoms with Crippen LogP contribution in [0.2, 0.25) is 0 Å². The maximum absolute atomic E-state index is 13.9. The van der Waals surface area contributed by atoms with E-state index >= 15 is 0 Å². The Hall–Kier alpha value is -3.30. The van der Waals surface area contributed by atoms with Crippen LogP contribution >= 0.6 is 0 Å². The quantitative estimate of drug-likeness (QED) is 0.140. The van der Waals surface area contributed by atoms with E-state index in [9.17, 15) is 19.7 Å². The van der Waals surface area contributed by atoms with Crippen LogP contribution in [0, 0.1) is 22.0 Å². The first-order valence-corrected chi connectivity index (χ1v) is 14.2. The summed E-state index contributed by atoms with van der Waals surface area (Å²) in [6.07, 6.45) is 2.65. The van der Waals surface area contributed by atoms with Crippen molar-refractivity contribution in [2.75, 3.05) is 13.7 Å². The van der Waals surface area contributed by atoms with E-state index in [-0.39, 0.29) is 22.7 Å². The normalized spacial score (nSPS) is 23.8. The summed E-state index contributed by atoms with van der Waals surface area (Å²) in [5, 5.41) is 19.2. The molecule has 218 valence electrons. The van der Waals surface area contributed by atoms with Crippen LogP contribution in [0.25, 0.3) is 0 Å². The number of nitrogens with zero attached hydrogens (tertiary/aromatic N) is 1. The molecule has 2 N–H and O–H groups in total. The largest absolute Gasteiger partial charge is 0.469 e. The summed E-state index contributed by atoms with van der Waals surface area (Å²) in [5.41, 5.74) is 0.478. The van der Waals surface area contributed by atoms with Gasteiger partial charge in [0.25, 0.3) is 0 Å². The number of rotatable bonds is 15. The fraction of sp³-hybridized carbons (Fsp3) is 0.548. The van der Waals surface area contributed by atoms with E-state index in [0.29, 0.717) is 32.4 Å². The van der Waals surface area contributed by atoms with Crippen molar-refractivity contribution in [3.8, 4) is 0 Å². The highest BCUT2D eigenvalue weighted by atomic mass is 16.6. The number of benzene rings is 2. The Morgan fingerprint density at radius 2 is 1.73 bits per heavy atom. The van der Waals surface area contributed by atoms with E-state index < -0.39 is 29.6 Å². The van der Waals surface area contributed by atoms with Crippen LogP contribution in [0.3, 0.4) is 0 Å². The van der Waals surface area contributed by atoms with Gasteiger partial charge >= 0.3 is 5.97 Å². The number of unbranched alkanes of at least 4 members (excludes halogenated alkanes) is 2. The molecule has 1 aliphatic heterocycles. The van der Waals surface area contributed by atoms with Gasteiger partial charge in [-0.1, -0.05) is 87.4 Å². The van der Waals surface area contributed by atoms with Crippen molar-refractivity contribution in [1.82, 2.24) is 10.6 Å². The zero-order chi connectivity index (χ0) is 29.1. The number of nitrogens with one attached hydrogen (secondary N) is 2. The van der Waals surface area contributed by atoms with Crippen molar-refractivity contribution in [2.45, 2.75) is 83.2 Å². The van der Waals surface area contributed by atoms with Gasteiger partial charge in [0.15, 0.2) is 0 Å². The van der Waals surface area contributed by atoms with Gasteiger partial charge < -0.3 is 14.8 Å². The van der Waals surface area contributed by atoms with Crippen molar-refractivity contribution in [1.29, 1.82) is 0 Å². The molecular weight excluding hydrogens is 510 g/mol. The van der Waals surface area contributed by atoms with Crippen molar-refractivity contribution in [3.63, 3.8) is 0 Å². The van der Waals surface area contributed by atoms with E-state index in [0.717, 1.165) is 24.0 Å². The van der Waals surface area contributed by atoms with Crippen LogP contribution in [0.4, 0.5) is 0 Å². The molecule has 6 atom stereocenters. The van der Waals surface area contributed by atoms with Crippen LogP contribution in [0.1, 0.15) is 70.0 Å². The van der Waals surface area contributed by atoms with Crippen LogP contribution in [0.5, 0.6) is 0 Å². The number of esters is 1. The van der Waals surface area contributed by atoms with Crippen LogP contribution in [0.15, 0.2) is 60.7 Å². The molecule has 0 saturated carbocycles. The van der Waals surface area contributed by atoms with Gasteiger partial charge in [0, 0.05) is 17.9 Å². The second-order valence-corrected chi connectivity index (χ2v) is 10.8. The number of carbonyl (C=O) groups excluding carboxylic acids is 2. The average molecular weight is 554 g/mol. The number of ether oxygens (including phenoxy) is 2. The van der Waals surface area contributed by atoms with Gasteiger partial charge in [-0.05, 0) is 36.8 Å². The zero-order valence-electron chi connectivity index (χ0n) is 24.0. The molecule has 3 unspecified atom stereocenters. The average Bonchev–Trinajstić information content (AvgIpc) is 3.29. The molecule has 0 aliphatic carbocycles. The first-order valence-electron chi connectivity index (χ1n) is 14.2. The monoisotopic (exact) mass is 553 g/mol. The summed E-state index contributed by atoms with van der Waals surface area (Å²) in [7, 11) is 1.37. The van der Waals surface area contributed by atoms with E-state index in [1.165, 1.54) is 7.11 Å². The minimum Gasteiger partial charge on any atom is -0.469 e. The lowest BCUT2D eigenvalue weighted by molar-refractivity contribution is -0.536. The van der Waals surface area contributed by atoms with Gasteiger partial charge in [-0.2, -0.15) is 0 Å². The van der Waals surface area contributed by atoms with Gasteiger partial charge in [-0.15, -0.1) is 0 Å². The predicted octanol–water partition coefficient (Wildman–Crippen LogP) is 4.83. The van der Waals surface area contributed by atoms with E-state index in [1.54, 1.807) is 6.92 Å². The fourth-order valence-electron chi connectivity index (χ4n) is 5.67. The number of hydrogen-bond donors (Lipinski definition) is 2. The Kier molecular flexibility index (Phi) is 11.6. The van der Waals surface area contributed by atoms with E-state index in [2.05, 4.69) is 15.4 Å². The van der Waals surface area contributed by atoms with Gasteiger partial charge in [0.2, 0.25) is 11.9 Å². The molecule has 0 radical (unpaired) electrons. The SMILES string of the molecule is CC[C@H](C)C(OCc1ccccc1)C1C([N+](=O)[O-])[C@H](c2ccccc2)N[C@]1(C)C(=O)NCCCCCC(=O)OC. The summed E-state index contributed by atoms with van der Waals surface area (Å²) in [4.78, 5) is 37.7. The molecule has 1 saturated heterocycles. The third kappa shape index (κ3) is 7.67. The molecule has 40 heavy (non-hydrogen) atoms. The maximum Gasteiger partial charge on any atom is 0.305 e. The summed E-state index contributed by atoms with van der Waals surface area (Å²) >= 11 is 0. The lowest BCUT2D eigenvalue weighted by Gasteiger charge is -2.37. The van der Waals surface area contributed by atoms with Crippen molar-refractivity contribution < 1.29 is 24.0 Å². The van der Waals surface area contributed by atoms with Crippen LogP contribution in [-0.4, -0.2) is 48.1 Å². The first-order chi connectivity index (χ1) is 19.2. The lowest BCUT2D eigenvalue weighted by atomic mass is 9.74. The van der Waals surface area contributed by atoms with Gasteiger partial charge in [-0.3, -0.25) is 25.0 Å². The van der Waals surface area contributed by atoms with Crippen molar-refractivity contribution >= 4 is 11.9 Å². The number of nitro groups is 1. The fourth-order valence-corrected chi connectivity index (χ4v) is 5.67. The van der Waals surface area contributed by atoms with Gasteiger partial charge in [0.05, 0.1) is 25.7 Å². The molecule has 0 spiro atoms. The minimum absolute atomic E-state index is 0.0297. The van der Waals surface area contributed by atoms with Crippen molar-refractivity contribution in [2.24, 2.45) is 11.8 Å². The zero-order valence-corrected chi connectivity index (χ0v) is 24.0. The number of carbonyl (C=O) groups is 2. The Morgan fingerprint density at radius 3 is 2.33 bits per heavy atom. The molecule has 0 bridgehead atoms. The second-order valence-electron chi connectivity index (χ2n) is 10.8. The molecule has 2 aromatic carbocycles. The highest BCUT2D eigenvalue weighted by Gasteiger charge is 2.64. The predicted molar refractivity (Wildman–Crippen MR) is 153 cm³/mol. The highest BCUT2D eigenvalue weighted by molar-refractivity contribution is 5.87. The summed E-state index contributed by atoms with van der Waals surface area (Å²) < 4.78 is 11.2. The molecule has 1 aliphatic rings. The summed E-state index contributed by atoms with van der Waals surface area (Å²) in [5.74, 6) is -1.30. The molecule has 0 aromatic heterocycles. The standard InChI is InChI=1S/C31H43N3O6/c1-5-22(2)29(40-21-23-15-9-6-10-16-23)26-28(34(37)38)27(24-17-11-7-12-18-24)33-31(26,3)30(36)32-20-14-8-13-19-25(35)39-4/h6-7,9-12,15-18,22,26-29,33H,5,8,13-14,19-21H2,1-4H3,(H,32,36)/t22-,26?,27-,28?,29?,31-/m0/s1. The highest BCUT2D eigenvalue weighted by Crippen LogP contribution is 2.45. The Labute approximate surface area is 237 Å².